The molecule has 0 radical (unpaired) electrons. The van der Waals surface area contributed by atoms with Crippen LogP contribution in [-0.2, 0) is 20.9 Å². The van der Waals surface area contributed by atoms with Crippen molar-refractivity contribution >= 4 is 23.5 Å². The van der Waals surface area contributed by atoms with Gasteiger partial charge in [-0.05, 0) is 56.2 Å². The summed E-state index contributed by atoms with van der Waals surface area (Å²) in [5, 5.41) is 3.23. The zero-order valence-electron chi connectivity index (χ0n) is 14.3. The standard InChI is InChI=1S/C18H20ClNO5/c1-11-7-14(19)8-12(2)17(11)24-10-16(21)25-13(3)18(22)20-9-15-5-4-6-23-15/h4-8,13H,9-10H2,1-3H3,(H,20,22)/t13-/m1/s1. The van der Waals surface area contributed by atoms with Gasteiger partial charge in [-0.15, -0.1) is 0 Å². The SMILES string of the molecule is Cc1cc(Cl)cc(C)c1OCC(=O)O[C@H](C)C(=O)NCc1ccco1. The zero-order chi connectivity index (χ0) is 18.4. The lowest BCUT2D eigenvalue weighted by Crippen LogP contribution is -2.36. The fourth-order valence-electron chi connectivity index (χ4n) is 2.27. The molecule has 6 nitrogen and oxygen atoms in total. The van der Waals surface area contributed by atoms with E-state index in [9.17, 15) is 9.59 Å². The van der Waals surface area contributed by atoms with Crippen molar-refractivity contribution in [3.8, 4) is 5.75 Å². The maximum absolute atomic E-state index is 11.9. The first kappa shape index (κ1) is 18.9. The van der Waals surface area contributed by atoms with Crippen molar-refractivity contribution < 1.29 is 23.5 Å². The summed E-state index contributed by atoms with van der Waals surface area (Å²) in [4.78, 5) is 23.8. The van der Waals surface area contributed by atoms with Crippen molar-refractivity contribution in [3.05, 3.63) is 52.4 Å². The molecule has 25 heavy (non-hydrogen) atoms. The molecule has 0 unspecified atom stereocenters. The number of nitrogens with one attached hydrogen (secondary N) is 1. The Hall–Kier alpha value is -2.47. The van der Waals surface area contributed by atoms with E-state index in [-0.39, 0.29) is 13.2 Å². The van der Waals surface area contributed by atoms with Crippen LogP contribution in [-0.4, -0.2) is 24.6 Å². The van der Waals surface area contributed by atoms with Gasteiger partial charge in [0.25, 0.3) is 5.91 Å². The summed E-state index contributed by atoms with van der Waals surface area (Å²) in [6.45, 7) is 5.11. The molecule has 1 aromatic heterocycles. The molecule has 0 bridgehead atoms. The van der Waals surface area contributed by atoms with Gasteiger partial charge in [0.1, 0.15) is 11.5 Å². The fourth-order valence-corrected chi connectivity index (χ4v) is 2.60. The predicted molar refractivity (Wildman–Crippen MR) is 92.5 cm³/mol. The molecule has 1 aromatic carbocycles. The number of benzene rings is 1. The topological polar surface area (TPSA) is 77.8 Å². The molecule has 134 valence electrons. The molecule has 7 heteroatoms. The average Bonchev–Trinajstić information content (AvgIpc) is 3.04. The molecule has 1 amide bonds. The summed E-state index contributed by atoms with van der Waals surface area (Å²) >= 11 is 5.96. The van der Waals surface area contributed by atoms with Gasteiger partial charge in [-0.3, -0.25) is 4.79 Å². The van der Waals surface area contributed by atoms with E-state index in [4.69, 9.17) is 25.5 Å². The van der Waals surface area contributed by atoms with Crippen LogP contribution in [0.2, 0.25) is 5.02 Å². The number of hydrogen-bond donors (Lipinski definition) is 1. The van der Waals surface area contributed by atoms with E-state index in [2.05, 4.69) is 5.32 Å². The van der Waals surface area contributed by atoms with Gasteiger partial charge in [-0.25, -0.2) is 4.79 Å². The molecule has 0 saturated carbocycles. The van der Waals surface area contributed by atoms with Crippen molar-refractivity contribution in [1.82, 2.24) is 5.32 Å². The molecule has 0 saturated heterocycles. The molecule has 0 spiro atoms. The molecule has 1 atom stereocenters. The van der Waals surface area contributed by atoms with Crippen molar-refractivity contribution in [2.75, 3.05) is 6.61 Å². The maximum Gasteiger partial charge on any atom is 0.344 e. The number of hydrogen-bond acceptors (Lipinski definition) is 5. The number of carbonyl (C=O) groups excluding carboxylic acids is 2. The molecule has 0 aliphatic carbocycles. The van der Waals surface area contributed by atoms with E-state index >= 15 is 0 Å². The second kappa shape index (κ2) is 8.58. The number of furan rings is 1. The number of rotatable bonds is 7. The van der Waals surface area contributed by atoms with E-state index in [1.54, 1.807) is 24.3 Å². The van der Waals surface area contributed by atoms with Gasteiger partial charge in [0.2, 0.25) is 0 Å². The van der Waals surface area contributed by atoms with Crippen LogP contribution in [0.5, 0.6) is 5.75 Å². The fraction of sp³-hybridized carbons (Fsp3) is 0.333. The highest BCUT2D eigenvalue weighted by Gasteiger charge is 2.18. The quantitative estimate of drug-likeness (QED) is 0.762. The highest BCUT2D eigenvalue weighted by atomic mass is 35.5. The third kappa shape index (κ3) is 5.53. The van der Waals surface area contributed by atoms with Gasteiger partial charge in [-0.1, -0.05) is 11.6 Å². The molecular formula is C18H20ClNO5. The number of halogens is 1. The molecule has 2 aromatic rings. The van der Waals surface area contributed by atoms with Gasteiger partial charge in [0.15, 0.2) is 12.7 Å². The van der Waals surface area contributed by atoms with Crippen LogP contribution in [0, 0.1) is 13.8 Å². The minimum absolute atomic E-state index is 0.230. The van der Waals surface area contributed by atoms with Crippen LogP contribution in [0.15, 0.2) is 34.9 Å². The molecule has 0 aliphatic heterocycles. The van der Waals surface area contributed by atoms with Crippen LogP contribution in [0.25, 0.3) is 0 Å². The van der Waals surface area contributed by atoms with E-state index in [1.807, 2.05) is 13.8 Å². The van der Waals surface area contributed by atoms with Crippen LogP contribution in [0.4, 0.5) is 0 Å². The molecule has 2 rings (SSSR count). The Kier molecular flexibility index (Phi) is 6.47. The van der Waals surface area contributed by atoms with Crippen LogP contribution in [0.3, 0.4) is 0 Å². The largest absolute Gasteiger partial charge is 0.481 e. The Morgan fingerprint density at radius 1 is 1.28 bits per heavy atom. The molecular weight excluding hydrogens is 346 g/mol. The normalized spacial score (nSPS) is 11.7. The summed E-state index contributed by atoms with van der Waals surface area (Å²) in [5.41, 5.74) is 1.64. The van der Waals surface area contributed by atoms with Crippen molar-refractivity contribution in [1.29, 1.82) is 0 Å². The third-order valence-corrected chi connectivity index (χ3v) is 3.67. The first-order valence-electron chi connectivity index (χ1n) is 7.76. The second-order valence-electron chi connectivity index (χ2n) is 5.59. The van der Waals surface area contributed by atoms with Crippen molar-refractivity contribution in [2.24, 2.45) is 0 Å². The maximum atomic E-state index is 11.9. The molecule has 1 N–H and O–H groups in total. The Morgan fingerprint density at radius 3 is 2.56 bits per heavy atom. The minimum Gasteiger partial charge on any atom is -0.481 e. The summed E-state index contributed by atoms with van der Waals surface area (Å²) in [6.07, 6.45) is 0.585. The first-order chi connectivity index (χ1) is 11.9. The summed E-state index contributed by atoms with van der Waals surface area (Å²) in [7, 11) is 0. The average molecular weight is 366 g/mol. The van der Waals surface area contributed by atoms with Gasteiger partial charge in [0, 0.05) is 5.02 Å². The Labute approximate surface area is 151 Å². The summed E-state index contributed by atoms with van der Waals surface area (Å²) in [6, 6.07) is 6.96. The van der Waals surface area contributed by atoms with Crippen LogP contribution < -0.4 is 10.1 Å². The third-order valence-electron chi connectivity index (χ3n) is 3.45. The molecule has 0 aliphatic rings. The van der Waals surface area contributed by atoms with Crippen LogP contribution in [0.1, 0.15) is 23.8 Å². The van der Waals surface area contributed by atoms with Gasteiger partial charge in [-0.2, -0.15) is 0 Å². The number of esters is 1. The van der Waals surface area contributed by atoms with E-state index < -0.39 is 18.0 Å². The highest BCUT2D eigenvalue weighted by Crippen LogP contribution is 2.26. The molecule has 1 heterocycles. The number of amides is 1. The van der Waals surface area contributed by atoms with Gasteiger partial charge in [0.05, 0.1) is 12.8 Å². The monoisotopic (exact) mass is 365 g/mol. The lowest BCUT2D eigenvalue weighted by molar-refractivity contribution is -0.156. The zero-order valence-corrected chi connectivity index (χ0v) is 15.1. The second-order valence-corrected chi connectivity index (χ2v) is 6.02. The number of ether oxygens (including phenoxy) is 2. The lowest BCUT2D eigenvalue weighted by Gasteiger charge is -2.15. The summed E-state index contributed by atoms with van der Waals surface area (Å²) < 4.78 is 15.7. The Morgan fingerprint density at radius 2 is 1.96 bits per heavy atom. The smallest absolute Gasteiger partial charge is 0.344 e. The van der Waals surface area contributed by atoms with Crippen LogP contribution >= 0.6 is 11.6 Å². The Balaban J connectivity index is 1.80. The highest BCUT2D eigenvalue weighted by molar-refractivity contribution is 6.30. The van der Waals surface area contributed by atoms with Gasteiger partial charge >= 0.3 is 5.97 Å². The van der Waals surface area contributed by atoms with Gasteiger partial charge < -0.3 is 19.2 Å². The number of carbonyl (C=O) groups is 2. The lowest BCUT2D eigenvalue weighted by atomic mass is 10.1. The number of aryl methyl sites for hydroxylation is 2. The van der Waals surface area contributed by atoms with E-state index in [1.165, 1.54) is 13.2 Å². The first-order valence-corrected chi connectivity index (χ1v) is 8.13. The predicted octanol–water partition coefficient (Wildman–Crippen LogP) is 3.18. The molecule has 0 fully saturated rings. The Bertz CT molecular complexity index is 719. The summed E-state index contributed by atoms with van der Waals surface area (Å²) in [5.74, 6) is 0.151. The van der Waals surface area contributed by atoms with Crippen molar-refractivity contribution in [2.45, 2.75) is 33.4 Å². The minimum atomic E-state index is -0.932. The van der Waals surface area contributed by atoms with E-state index in [0.717, 1.165) is 11.1 Å². The van der Waals surface area contributed by atoms with E-state index in [0.29, 0.717) is 16.5 Å². The van der Waals surface area contributed by atoms with Crippen molar-refractivity contribution in [3.63, 3.8) is 0 Å².